The summed E-state index contributed by atoms with van der Waals surface area (Å²) in [5.41, 5.74) is -0.123. The molecule has 8 nitrogen and oxygen atoms in total. The van der Waals surface area contributed by atoms with Crippen LogP contribution in [-0.2, 0) is 24.3 Å². The lowest BCUT2D eigenvalue weighted by Crippen LogP contribution is -2.27. The lowest BCUT2D eigenvalue weighted by Gasteiger charge is -2.08. The number of anilines is 1. The zero-order chi connectivity index (χ0) is 22.3. The average Bonchev–Trinajstić information content (AvgIpc) is 2.66. The van der Waals surface area contributed by atoms with E-state index in [4.69, 9.17) is 16.3 Å². The summed E-state index contributed by atoms with van der Waals surface area (Å²) in [6.07, 6.45) is -0.329. The summed E-state index contributed by atoms with van der Waals surface area (Å²) < 4.78 is 45.1. The van der Waals surface area contributed by atoms with Gasteiger partial charge in [0, 0.05) is 24.2 Å². The molecule has 2 N–H and O–H groups in total. The third kappa shape index (κ3) is 6.90. The summed E-state index contributed by atoms with van der Waals surface area (Å²) in [5, 5.41) is 2.75. The van der Waals surface area contributed by atoms with Crippen LogP contribution in [0.3, 0.4) is 0 Å². The molecule has 0 heterocycles. The summed E-state index contributed by atoms with van der Waals surface area (Å²) in [5.74, 6) is -2.89. The molecule has 0 aliphatic rings. The van der Waals surface area contributed by atoms with Crippen molar-refractivity contribution < 1.29 is 31.9 Å². The Morgan fingerprint density at radius 2 is 1.77 bits per heavy atom. The fourth-order valence-corrected chi connectivity index (χ4v) is 3.46. The predicted octanol–water partition coefficient (Wildman–Crippen LogP) is 2.53. The van der Waals surface area contributed by atoms with Crippen molar-refractivity contribution in [2.24, 2.45) is 0 Å². The second-order valence-electron chi connectivity index (χ2n) is 6.06. The van der Waals surface area contributed by atoms with Crippen LogP contribution in [0, 0.1) is 5.82 Å². The van der Waals surface area contributed by atoms with Crippen molar-refractivity contribution in [2.45, 2.75) is 18.2 Å². The highest BCUT2D eigenvalue weighted by Gasteiger charge is 2.17. The Hall–Kier alpha value is -2.82. The molecule has 0 fully saturated rings. The SMILES string of the molecule is CC(=O)Nc1ccc(C(=O)COC(=O)CCNS(=O)(=O)c2ccc(Cl)cc2)c(F)c1. The fraction of sp³-hybridized carbons (Fsp3) is 0.211. The number of benzene rings is 2. The molecule has 30 heavy (non-hydrogen) atoms. The normalized spacial score (nSPS) is 11.0. The van der Waals surface area contributed by atoms with E-state index in [1.54, 1.807) is 0 Å². The number of sulfonamides is 1. The molecule has 2 aromatic rings. The number of rotatable bonds is 9. The first-order valence-corrected chi connectivity index (χ1v) is 10.5. The monoisotopic (exact) mass is 456 g/mol. The smallest absolute Gasteiger partial charge is 0.307 e. The number of ether oxygens (including phenoxy) is 1. The van der Waals surface area contributed by atoms with Crippen molar-refractivity contribution in [2.75, 3.05) is 18.5 Å². The van der Waals surface area contributed by atoms with Crippen molar-refractivity contribution in [3.8, 4) is 0 Å². The van der Waals surface area contributed by atoms with E-state index in [1.165, 1.54) is 37.3 Å². The van der Waals surface area contributed by atoms with Gasteiger partial charge in [0.1, 0.15) is 5.82 Å². The number of nitrogens with one attached hydrogen (secondary N) is 2. The molecular formula is C19H18ClFN2O6S. The van der Waals surface area contributed by atoms with E-state index in [-0.39, 0.29) is 29.1 Å². The zero-order valence-corrected chi connectivity index (χ0v) is 17.3. The molecule has 0 atom stereocenters. The zero-order valence-electron chi connectivity index (χ0n) is 15.8. The Bertz CT molecular complexity index is 1060. The van der Waals surface area contributed by atoms with E-state index in [9.17, 15) is 27.2 Å². The second-order valence-corrected chi connectivity index (χ2v) is 8.26. The van der Waals surface area contributed by atoms with Gasteiger partial charge >= 0.3 is 5.97 Å². The van der Waals surface area contributed by atoms with Gasteiger partial charge in [-0.25, -0.2) is 17.5 Å². The van der Waals surface area contributed by atoms with E-state index in [1.807, 2.05) is 0 Å². The largest absolute Gasteiger partial charge is 0.457 e. The molecule has 0 saturated heterocycles. The van der Waals surface area contributed by atoms with Crippen molar-refractivity contribution in [1.82, 2.24) is 4.72 Å². The topological polar surface area (TPSA) is 119 Å². The molecule has 0 saturated carbocycles. The number of carbonyl (C=O) groups excluding carboxylic acids is 3. The quantitative estimate of drug-likeness (QED) is 0.442. The van der Waals surface area contributed by atoms with Crippen LogP contribution in [0.2, 0.25) is 5.02 Å². The van der Waals surface area contributed by atoms with Gasteiger partial charge in [-0.15, -0.1) is 0 Å². The molecule has 0 aromatic heterocycles. The highest BCUT2D eigenvalue weighted by Crippen LogP contribution is 2.16. The maximum atomic E-state index is 14.0. The van der Waals surface area contributed by atoms with Gasteiger partial charge < -0.3 is 10.1 Å². The minimum absolute atomic E-state index is 0.0198. The third-order valence-corrected chi connectivity index (χ3v) is 5.43. The van der Waals surface area contributed by atoms with Crippen LogP contribution in [0.25, 0.3) is 0 Å². The van der Waals surface area contributed by atoms with Crippen molar-refractivity contribution in [1.29, 1.82) is 0 Å². The summed E-state index contributed by atoms with van der Waals surface area (Å²) in [6.45, 7) is 0.295. The lowest BCUT2D eigenvalue weighted by atomic mass is 10.1. The first kappa shape index (κ1) is 23.5. The number of halogens is 2. The Morgan fingerprint density at radius 1 is 1.10 bits per heavy atom. The van der Waals surface area contributed by atoms with Crippen molar-refractivity contribution in [3.05, 3.63) is 58.9 Å². The van der Waals surface area contributed by atoms with E-state index >= 15 is 0 Å². The first-order valence-electron chi connectivity index (χ1n) is 8.59. The fourth-order valence-electron chi connectivity index (χ4n) is 2.30. The Balaban J connectivity index is 1.82. The van der Waals surface area contributed by atoms with Gasteiger partial charge in [0.15, 0.2) is 6.61 Å². The van der Waals surface area contributed by atoms with Crippen LogP contribution >= 0.6 is 11.6 Å². The van der Waals surface area contributed by atoms with Gasteiger partial charge in [-0.2, -0.15) is 0 Å². The lowest BCUT2D eigenvalue weighted by molar-refractivity contribution is -0.142. The maximum Gasteiger partial charge on any atom is 0.307 e. The van der Waals surface area contributed by atoms with Crippen molar-refractivity contribution in [3.63, 3.8) is 0 Å². The molecule has 0 radical (unpaired) electrons. The highest BCUT2D eigenvalue weighted by molar-refractivity contribution is 7.89. The molecule has 0 aliphatic heterocycles. The summed E-state index contributed by atoms with van der Waals surface area (Å²) >= 11 is 5.71. The molecular weight excluding hydrogens is 439 g/mol. The van der Waals surface area contributed by atoms with Crippen LogP contribution < -0.4 is 10.0 Å². The Kier molecular flexibility index (Phi) is 8.04. The molecule has 0 unspecified atom stereocenters. The van der Waals surface area contributed by atoms with Crippen molar-refractivity contribution >= 4 is 45.0 Å². The number of amides is 1. The average molecular weight is 457 g/mol. The van der Waals surface area contributed by atoms with E-state index in [2.05, 4.69) is 10.0 Å². The summed E-state index contributed by atoms with van der Waals surface area (Å²) in [7, 11) is -3.83. The number of hydrogen-bond acceptors (Lipinski definition) is 6. The Morgan fingerprint density at radius 3 is 2.37 bits per heavy atom. The minimum atomic E-state index is -3.83. The van der Waals surface area contributed by atoms with E-state index in [0.29, 0.717) is 5.02 Å². The Labute approximate surface area is 177 Å². The van der Waals surface area contributed by atoms with E-state index < -0.39 is 40.1 Å². The van der Waals surface area contributed by atoms with Gasteiger partial charge in [-0.3, -0.25) is 14.4 Å². The predicted molar refractivity (Wildman–Crippen MR) is 107 cm³/mol. The van der Waals surface area contributed by atoms with Crippen LogP contribution in [0.15, 0.2) is 47.4 Å². The van der Waals surface area contributed by atoms with Crippen LogP contribution in [0.4, 0.5) is 10.1 Å². The van der Waals surface area contributed by atoms with Crippen LogP contribution in [-0.4, -0.2) is 39.2 Å². The minimum Gasteiger partial charge on any atom is -0.457 e. The first-order chi connectivity index (χ1) is 14.1. The molecule has 0 aliphatic carbocycles. The number of hydrogen-bond donors (Lipinski definition) is 2. The molecule has 160 valence electrons. The van der Waals surface area contributed by atoms with Gasteiger partial charge in [-0.1, -0.05) is 11.6 Å². The highest BCUT2D eigenvalue weighted by atomic mass is 35.5. The van der Waals surface area contributed by atoms with Crippen LogP contribution in [0.5, 0.6) is 0 Å². The molecule has 0 bridgehead atoms. The molecule has 2 rings (SSSR count). The van der Waals surface area contributed by atoms with Crippen LogP contribution in [0.1, 0.15) is 23.7 Å². The summed E-state index contributed by atoms with van der Waals surface area (Å²) in [4.78, 5) is 34.7. The molecule has 0 spiro atoms. The number of carbonyl (C=O) groups is 3. The number of esters is 1. The molecule has 11 heteroatoms. The van der Waals surface area contributed by atoms with E-state index in [0.717, 1.165) is 12.1 Å². The van der Waals surface area contributed by atoms with Gasteiger partial charge in [0.25, 0.3) is 0 Å². The molecule has 2 aromatic carbocycles. The standard InChI is InChI=1S/C19H18ClFN2O6S/c1-12(24)23-14-4-7-16(17(21)10-14)18(25)11-29-19(26)8-9-22-30(27,28)15-5-2-13(20)3-6-15/h2-7,10,22H,8-9,11H2,1H3,(H,23,24). The van der Waals surface area contributed by atoms with Gasteiger partial charge in [-0.05, 0) is 42.5 Å². The van der Waals surface area contributed by atoms with Gasteiger partial charge in [0.05, 0.1) is 16.9 Å². The third-order valence-electron chi connectivity index (χ3n) is 3.70. The number of Topliss-reactive ketones (excluding diaryl/α,β-unsaturated/α-hetero) is 1. The maximum absolute atomic E-state index is 14.0. The van der Waals surface area contributed by atoms with Gasteiger partial charge in [0.2, 0.25) is 21.7 Å². The number of ketones is 1. The second kappa shape index (κ2) is 10.3. The molecule has 1 amide bonds. The summed E-state index contributed by atoms with van der Waals surface area (Å²) in [6, 6.07) is 8.93.